The van der Waals surface area contributed by atoms with Crippen LogP contribution in [0.5, 0.6) is 0 Å². The predicted molar refractivity (Wildman–Crippen MR) is 72.1 cm³/mol. The van der Waals surface area contributed by atoms with Crippen molar-refractivity contribution in [1.82, 2.24) is 9.55 Å². The summed E-state index contributed by atoms with van der Waals surface area (Å²) in [4.78, 5) is 15.6. The van der Waals surface area contributed by atoms with Crippen LogP contribution in [0.3, 0.4) is 0 Å². The second kappa shape index (κ2) is 4.74. The molecule has 1 aromatic heterocycles. The second-order valence-corrected chi connectivity index (χ2v) is 5.30. The zero-order valence-corrected chi connectivity index (χ0v) is 11.1. The minimum absolute atomic E-state index is 0.0933. The number of hydrogen-bond donors (Lipinski definition) is 1. The van der Waals surface area contributed by atoms with Gasteiger partial charge in [-0.05, 0) is 30.9 Å². The van der Waals surface area contributed by atoms with Crippen molar-refractivity contribution in [3.05, 3.63) is 41.5 Å². The number of aromatic carboxylic acids is 1. The molecule has 104 valence electrons. The number of imidazole rings is 1. The molecule has 0 bridgehead atoms. The highest BCUT2D eigenvalue weighted by molar-refractivity contribution is 5.88. The zero-order valence-electron chi connectivity index (χ0n) is 11.1. The van der Waals surface area contributed by atoms with E-state index in [9.17, 15) is 14.3 Å². The Morgan fingerprint density at radius 3 is 3.00 bits per heavy atom. The summed E-state index contributed by atoms with van der Waals surface area (Å²) in [5, 5.41) is 9.29. The van der Waals surface area contributed by atoms with Gasteiger partial charge in [-0.1, -0.05) is 19.1 Å². The van der Waals surface area contributed by atoms with Gasteiger partial charge in [0.2, 0.25) is 0 Å². The van der Waals surface area contributed by atoms with Gasteiger partial charge in [0.15, 0.2) is 5.69 Å². The molecule has 3 rings (SSSR count). The Balaban J connectivity index is 2.17. The van der Waals surface area contributed by atoms with Crippen LogP contribution in [0.4, 0.5) is 4.39 Å². The van der Waals surface area contributed by atoms with Crippen molar-refractivity contribution in [3.8, 4) is 11.4 Å². The number of rotatable bonds is 2. The maximum absolute atomic E-state index is 13.4. The molecule has 1 atom stereocenters. The number of nitrogens with zero attached hydrogens (tertiary/aromatic N) is 2. The minimum Gasteiger partial charge on any atom is -0.476 e. The third kappa shape index (κ3) is 2.09. The van der Waals surface area contributed by atoms with Crippen molar-refractivity contribution in [1.29, 1.82) is 0 Å². The van der Waals surface area contributed by atoms with Gasteiger partial charge >= 0.3 is 5.97 Å². The fraction of sp³-hybridized carbons (Fsp3) is 0.333. The predicted octanol–water partition coefficient (Wildman–Crippen LogP) is 2.97. The molecular weight excluding hydrogens is 259 g/mol. The monoisotopic (exact) mass is 274 g/mol. The molecule has 5 heteroatoms. The van der Waals surface area contributed by atoms with Gasteiger partial charge in [-0.3, -0.25) is 0 Å². The van der Waals surface area contributed by atoms with Crippen LogP contribution in [0.2, 0.25) is 0 Å². The normalized spacial score (nSPS) is 17.8. The number of fused-ring (bicyclic) bond motifs is 1. The van der Waals surface area contributed by atoms with Gasteiger partial charge in [0.05, 0.1) is 5.69 Å². The van der Waals surface area contributed by atoms with E-state index in [-0.39, 0.29) is 11.5 Å². The lowest BCUT2D eigenvalue weighted by Gasteiger charge is -2.22. The van der Waals surface area contributed by atoms with Gasteiger partial charge in [0.1, 0.15) is 11.6 Å². The van der Waals surface area contributed by atoms with Crippen LogP contribution in [0.15, 0.2) is 24.3 Å². The van der Waals surface area contributed by atoms with Gasteiger partial charge in [-0.25, -0.2) is 14.2 Å². The Morgan fingerprint density at radius 1 is 1.50 bits per heavy atom. The highest BCUT2D eigenvalue weighted by Gasteiger charge is 2.27. The first kappa shape index (κ1) is 12.8. The Morgan fingerprint density at radius 2 is 2.30 bits per heavy atom. The number of carboxylic acid groups (broad SMARTS) is 1. The smallest absolute Gasteiger partial charge is 0.356 e. The van der Waals surface area contributed by atoms with E-state index in [0.29, 0.717) is 23.7 Å². The van der Waals surface area contributed by atoms with Crippen LogP contribution < -0.4 is 0 Å². The quantitative estimate of drug-likeness (QED) is 0.916. The van der Waals surface area contributed by atoms with E-state index in [4.69, 9.17) is 0 Å². The third-order valence-corrected chi connectivity index (χ3v) is 3.75. The number of halogens is 1. The molecule has 0 spiro atoms. The molecule has 1 unspecified atom stereocenters. The summed E-state index contributed by atoms with van der Waals surface area (Å²) in [6.45, 7) is 2.83. The van der Waals surface area contributed by atoms with Gasteiger partial charge < -0.3 is 9.67 Å². The maximum atomic E-state index is 13.4. The molecule has 0 fully saturated rings. The number of carbonyl (C=O) groups is 1. The van der Waals surface area contributed by atoms with Gasteiger partial charge in [0, 0.05) is 12.1 Å². The van der Waals surface area contributed by atoms with Gasteiger partial charge in [0.25, 0.3) is 0 Å². The molecule has 2 aromatic rings. The zero-order chi connectivity index (χ0) is 14.3. The summed E-state index contributed by atoms with van der Waals surface area (Å²) in [6.07, 6.45) is 1.68. The molecule has 1 N–H and O–H groups in total. The first-order chi connectivity index (χ1) is 9.56. The Labute approximate surface area is 115 Å². The third-order valence-electron chi connectivity index (χ3n) is 3.75. The maximum Gasteiger partial charge on any atom is 0.356 e. The Kier molecular flexibility index (Phi) is 3.04. The van der Waals surface area contributed by atoms with Crippen LogP contribution >= 0.6 is 0 Å². The van der Waals surface area contributed by atoms with E-state index in [1.54, 1.807) is 12.1 Å². The molecule has 2 heterocycles. The summed E-state index contributed by atoms with van der Waals surface area (Å²) in [6, 6.07) is 6.11. The first-order valence-electron chi connectivity index (χ1n) is 6.65. The molecule has 4 nitrogen and oxygen atoms in total. The second-order valence-electron chi connectivity index (χ2n) is 5.30. The van der Waals surface area contributed by atoms with Crippen LogP contribution in [0.25, 0.3) is 11.4 Å². The van der Waals surface area contributed by atoms with Crippen molar-refractivity contribution in [2.24, 2.45) is 5.92 Å². The summed E-state index contributed by atoms with van der Waals surface area (Å²) in [5.74, 6) is -0.382. The molecule has 20 heavy (non-hydrogen) atoms. The van der Waals surface area contributed by atoms with Crippen LogP contribution in [0.1, 0.15) is 29.5 Å². The van der Waals surface area contributed by atoms with Crippen LogP contribution in [-0.2, 0) is 13.0 Å². The molecule has 0 radical (unpaired) electrons. The number of carboxylic acids is 1. The average Bonchev–Trinajstić information content (AvgIpc) is 2.77. The van der Waals surface area contributed by atoms with Crippen molar-refractivity contribution >= 4 is 5.97 Å². The van der Waals surface area contributed by atoms with Crippen LogP contribution in [0, 0.1) is 11.7 Å². The molecule has 0 amide bonds. The van der Waals surface area contributed by atoms with E-state index in [0.717, 1.165) is 18.7 Å². The summed E-state index contributed by atoms with van der Waals surface area (Å²) < 4.78 is 15.3. The summed E-state index contributed by atoms with van der Waals surface area (Å²) in [7, 11) is 0. The van der Waals surface area contributed by atoms with E-state index in [1.165, 1.54) is 12.1 Å². The van der Waals surface area contributed by atoms with Crippen molar-refractivity contribution in [3.63, 3.8) is 0 Å². The molecule has 0 aliphatic carbocycles. The highest BCUT2D eigenvalue weighted by atomic mass is 19.1. The molecule has 1 aromatic carbocycles. The highest BCUT2D eigenvalue weighted by Crippen LogP contribution is 2.30. The lowest BCUT2D eigenvalue weighted by Crippen LogP contribution is -2.19. The standard InChI is InChI=1S/C15H15FN2O2/c1-9-5-6-18-12(7-9)13(15(19)20)17-14(18)10-3-2-4-11(16)8-10/h2-4,8-9H,5-7H2,1H3,(H,19,20). The van der Waals surface area contributed by atoms with E-state index < -0.39 is 5.97 Å². The molecular formula is C15H15FN2O2. The Hall–Kier alpha value is -2.17. The van der Waals surface area contributed by atoms with E-state index in [1.807, 2.05) is 4.57 Å². The first-order valence-corrected chi connectivity index (χ1v) is 6.65. The number of benzene rings is 1. The van der Waals surface area contributed by atoms with Crippen molar-refractivity contribution in [2.45, 2.75) is 26.3 Å². The Bertz CT molecular complexity index is 679. The fourth-order valence-electron chi connectivity index (χ4n) is 2.74. The molecule has 0 saturated carbocycles. The largest absolute Gasteiger partial charge is 0.476 e. The van der Waals surface area contributed by atoms with Crippen molar-refractivity contribution in [2.75, 3.05) is 0 Å². The number of aromatic nitrogens is 2. The molecule has 1 aliphatic heterocycles. The van der Waals surface area contributed by atoms with E-state index >= 15 is 0 Å². The van der Waals surface area contributed by atoms with Gasteiger partial charge in [-0.15, -0.1) is 0 Å². The van der Waals surface area contributed by atoms with Crippen molar-refractivity contribution < 1.29 is 14.3 Å². The molecule has 0 saturated heterocycles. The summed E-state index contributed by atoms with van der Waals surface area (Å²) >= 11 is 0. The summed E-state index contributed by atoms with van der Waals surface area (Å²) in [5.41, 5.74) is 1.46. The average molecular weight is 274 g/mol. The SMILES string of the molecule is CC1CCn2c(-c3cccc(F)c3)nc(C(=O)O)c2C1. The minimum atomic E-state index is -1.02. The van der Waals surface area contributed by atoms with Gasteiger partial charge in [-0.2, -0.15) is 0 Å². The van der Waals surface area contributed by atoms with Crippen LogP contribution in [-0.4, -0.2) is 20.6 Å². The molecule has 1 aliphatic rings. The number of hydrogen-bond acceptors (Lipinski definition) is 2. The lowest BCUT2D eigenvalue weighted by atomic mass is 9.97. The topological polar surface area (TPSA) is 55.1 Å². The van der Waals surface area contributed by atoms with E-state index in [2.05, 4.69) is 11.9 Å². The fourth-order valence-corrected chi connectivity index (χ4v) is 2.74. The lowest BCUT2D eigenvalue weighted by molar-refractivity contribution is 0.0689.